The summed E-state index contributed by atoms with van der Waals surface area (Å²) in [4.78, 5) is 53.3. The van der Waals surface area contributed by atoms with E-state index in [-0.39, 0.29) is 24.3 Å². The number of primary amides is 1. The Hall–Kier alpha value is -3.74. The number of fused-ring (bicyclic) bond motifs is 3. The third-order valence-electron chi connectivity index (χ3n) is 7.68. The van der Waals surface area contributed by atoms with Gasteiger partial charge in [0.15, 0.2) is 11.4 Å². The van der Waals surface area contributed by atoms with Gasteiger partial charge in [0.1, 0.15) is 28.9 Å². The van der Waals surface area contributed by atoms with E-state index >= 15 is 0 Å². The van der Waals surface area contributed by atoms with Gasteiger partial charge in [-0.3, -0.25) is 19.2 Å². The van der Waals surface area contributed by atoms with Gasteiger partial charge in [0, 0.05) is 42.7 Å². The van der Waals surface area contributed by atoms with Crippen LogP contribution in [0.1, 0.15) is 36.8 Å². The van der Waals surface area contributed by atoms with Gasteiger partial charge in [-0.15, -0.1) is 0 Å². The van der Waals surface area contributed by atoms with E-state index < -0.39 is 82.0 Å². The minimum Gasteiger partial charge on any atom is -0.508 e. The number of aliphatic hydroxyl groups excluding tert-OH is 2. The van der Waals surface area contributed by atoms with Gasteiger partial charge < -0.3 is 40.5 Å². The van der Waals surface area contributed by atoms with Gasteiger partial charge in [-0.1, -0.05) is 19.1 Å². The zero-order valence-corrected chi connectivity index (χ0v) is 21.8. The van der Waals surface area contributed by atoms with Crippen molar-refractivity contribution >= 4 is 29.2 Å². The molecule has 1 saturated carbocycles. The van der Waals surface area contributed by atoms with Crippen molar-refractivity contribution in [1.29, 1.82) is 0 Å². The number of carbonyl (C=O) groups excluding carboxylic acids is 4. The number of hydrogen-bond donors (Lipinski definition) is 5. The summed E-state index contributed by atoms with van der Waals surface area (Å²) in [5.74, 6) is -9.89. The molecule has 0 saturated heterocycles. The monoisotopic (exact) mass is 544 g/mol. The Kier molecular flexibility index (Phi) is 7.57. The van der Waals surface area contributed by atoms with Crippen molar-refractivity contribution < 1.29 is 49.1 Å². The number of phenolic OH excluding ortho intramolecular Hbond substituents is 1. The molecule has 6 N–H and O–H groups in total. The summed E-state index contributed by atoms with van der Waals surface area (Å²) in [7, 11) is 3.72. The number of amides is 1. The van der Waals surface area contributed by atoms with E-state index in [2.05, 4.69) is 0 Å². The van der Waals surface area contributed by atoms with Crippen molar-refractivity contribution in [3.05, 3.63) is 46.2 Å². The second-order valence-corrected chi connectivity index (χ2v) is 10.2. The number of aliphatic hydroxyl groups is 3. The average Bonchev–Trinajstić information content (AvgIpc) is 2.86. The molecule has 1 aromatic rings. The van der Waals surface area contributed by atoms with Crippen LogP contribution >= 0.6 is 0 Å². The number of esters is 1. The second-order valence-electron chi connectivity index (χ2n) is 10.2. The highest BCUT2D eigenvalue weighted by Gasteiger charge is 2.66. The lowest BCUT2D eigenvalue weighted by molar-refractivity contribution is -0.179. The lowest BCUT2D eigenvalue weighted by atomic mass is 9.55. The van der Waals surface area contributed by atoms with Gasteiger partial charge in [0.2, 0.25) is 5.78 Å². The number of ether oxygens (including phenoxy) is 2. The molecule has 0 spiro atoms. The molecular formula is C27H32N2O10. The number of benzene rings is 1. The minimum absolute atomic E-state index is 0.0351. The molecule has 5 atom stereocenters. The Labute approximate surface area is 224 Å². The van der Waals surface area contributed by atoms with Crippen LogP contribution in [0.5, 0.6) is 5.75 Å². The van der Waals surface area contributed by atoms with Crippen LogP contribution in [0.2, 0.25) is 0 Å². The minimum atomic E-state index is -2.91. The molecule has 0 heterocycles. The number of aromatic hydroxyl groups is 1. The Morgan fingerprint density at radius 1 is 1.18 bits per heavy atom. The fourth-order valence-electron chi connectivity index (χ4n) is 5.79. The third-order valence-corrected chi connectivity index (χ3v) is 7.68. The van der Waals surface area contributed by atoms with Crippen LogP contribution in [-0.4, -0.2) is 94.3 Å². The van der Waals surface area contributed by atoms with Crippen LogP contribution in [0.25, 0.3) is 5.76 Å². The first-order valence-electron chi connectivity index (χ1n) is 12.6. The Bertz CT molecular complexity index is 1300. The first-order valence-corrected chi connectivity index (χ1v) is 12.6. The van der Waals surface area contributed by atoms with Crippen LogP contribution in [0.3, 0.4) is 0 Å². The maximum atomic E-state index is 14.0. The Balaban J connectivity index is 1.96. The zero-order valence-electron chi connectivity index (χ0n) is 21.8. The zero-order chi connectivity index (χ0) is 28.8. The number of phenols is 1. The predicted octanol–water partition coefficient (Wildman–Crippen LogP) is 0.475. The maximum Gasteiger partial charge on any atom is 0.305 e. The fraction of sp³-hybridized carbons (Fsp3) is 0.481. The molecule has 1 fully saturated rings. The second kappa shape index (κ2) is 10.4. The van der Waals surface area contributed by atoms with Gasteiger partial charge >= 0.3 is 5.97 Å². The van der Waals surface area contributed by atoms with E-state index in [1.54, 1.807) is 12.1 Å². The summed E-state index contributed by atoms with van der Waals surface area (Å²) in [5.41, 5.74) is 1.31. The van der Waals surface area contributed by atoms with Gasteiger partial charge in [-0.2, -0.15) is 0 Å². The number of likely N-dealkylation sites (N-methyl/N-ethyl adjacent to an activating group) is 1. The molecule has 0 aromatic heterocycles. The highest BCUT2D eigenvalue weighted by atomic mass is 16.5. The van der Waals surface area contributed by atoms with Crippen molar-refractivity contribution in [1.82, 2.24) is 4.90 Å². The smallest absolute Gasteiger partial charge is 0.305 e. The van der Waals surface area contributed by atoms with Crippen LogP contribution < -0.4 is 5.73 Å². The van der Waals surface area contributed by atoms with E-state index in [9.17, 15) is 39.6 Å². The molecule has 0 bridgehead atoms. The molecule has 12 nitrogen and oxygen atoms in total. The van der Waals surface area contributed by atoms with E-state index in [1.807, 2.05) is 19.0 Å². The number of nitrogens with zero attached hydrogens (tertiary/aromatic N) is 1. The Morgan fingerprint density at radius 2 is 1.87 bits per heavy atom. The number of carbonyl (C=O) groups is 4. The predicted molar refractivity (Wildman–Crippen MR) is 135 cm³/mol. The molecule has 4 rings (SSSR count). The largest absolute Gasteiger partial charge is 0.508 e. The molecule has 0 unspecified atom stereocenters. The standard InChI is InChI=1S/C27H32N2O10/c1-4-17(32)39-23-14-10-16(31)20(26(28)36)24(34)27(14,37)25(35)21-19(23)13(11-38-9-8-29(2)3)12-6-5-7-15(30)18(12)22(21)33/h5-7,13-14,19,23,30,33-34,37H,4,8-11H2,1-3H3,(H2,28,36)/t13-,14+,19+,23+,27+/m0/s1. The summed E-state index contributed by atoms with van der Waals surface area (Å²) in [5, 5.41) is 44.6. The van der Waals surface area contributed by atoms with E-state index in [0.717, 1.165) is 0 Å². The van der Waals surface area contributed by atoms with Gasteiger partial charge in [0.05, 0.1) is 18.8 Å². The molecule has 39 heavy (non-hydrogen) atoms. The lowest BCUT2D eigenvalue weighted by Crippen LogP contribution is -2.65. The van der Waals surface area contributed by atoms with Crippen LogP contribution in [-0.2, 0) is 28.7 Å². The van der Waals surface area contributed by atoms with E-state index in [4.69, 9.17) is 15.2 Å². The number of ketones is 2. The normalized spacial score (nSPS) is 28.2. The highest BCUT2D eigenvalue weighted by Crippen LogP contribution is 2.56. The van der Waals surface area contributed by atoms with Gasteiger partial charge in [-0.25, -0.2) is 0 Å². The summed E-state index contributed by atoms with van der Waals surface area (Å²) in [6.07, 6.45) is -2.13. The number of hydrogen-bond acceptors (Lipinski definition) is 11. The summed E-state index contributed by atoms with van der Waals surface area (Å²) >= 11 is 0. The molecular weight excluding hydrogens is 512 g/mol. The highest BCUT2D eigenvalue weighted by molar-refractivity contribution is 6.23. The van der Waals surface area contributed by atoms with E-state index in [1.165, 1.54) is 13.0 Å². The molecule has 12 heteroatoms. The summed E-state index contributed by atoms with van der Waals surface area (Å²) < 4.78 is 11.6. The fourth-order valence-corrected chi connectivity index (χ4v) is 5.79. The van der Waals surface area contributed by atoms with Gasteiger partial charge in [0.25, 0.3) is 5.91 Å². The van der Waals surface area contributed by atoms with Gasteiger partial charge in [-0.05, 0) is 25.7 Å². The number of nitrogens with two attached hydrogens (primary N) is 1. The molecule has 1 aromatic carbocycles. The molecule has 210 valence electrons. The SMILES string of the molecule is CCC(=O)O[C@H]1[C@H]2C(=C(O)c3c(O)cccc3[C@@H]2COCCN(C)C)C(=O)[C@]2(O)C(O)=C(C(N)=O)C(=O)C[C@H]12. The van der Waals surface area contributed by atoms with Crippen molar-refractivity contribution in [2.45, 2.75) is 37.4 Å². The topological polar surface area (TPSA) is 197 Å². The Morgan fingerprint density at radius 3 is 2.49 bits per heavy atom. The van der Waals surface area contributed by atoms with Crippen molar-refractivity contribution in [3.8, 4) is 5.75 Å². The molecule has 0 radical (unpaired) electrons. The van der Waals surface area contributed by atoms with Crippen molar-refractivity contribution in [2.75, 3.05) is 33.9 Å². The van der Waals surface area contributed by atoms with Crippen LogP contribution in [0.4, 0.5) is 0 Å². The summed E-state index contributed by atoms with van der Waals surface area (Å²) in [6, 6.07) is 4.48. The number of rotatable bonds is 8. The quantitative estimate of drug-likeness (QED) is 0.173. The summed E-state index contributed by atoms with van der Waals surface area (Å²) in [6.45, 7) is 2.35. The molecule has 1 amide bonds. The first-order chi connectivity index (χ1) is 18.4. The van der Waals surface area contributed by atoms with Crippen molar-refractivity contribution in [3.63, 3.8) is 0 Å². The third kappa shape index (κ3) is 4.48. The van der Waals surface area contributed by atoms with Crippen molar-refractivity contribution in [2.24, 2.45) is 17.6 Å². The van der Waals surface area contributed by atoms with E-state index in [0.29, 0.717) is 18.7 Å². The molecule has 3 aliphatic rings. The molecule has 0 aliphatic heterocycles. The van der Waals surface area contributed by atoms with Crippen LogP contribution in [0.15, 0.2) is 35.1 Å². The van der Waals surface area contributed by atoms with Crippen LogP contribution in [0, 0.1) is 11.8 Å². The maximum absolute atomic E-state index is 14.0. The first kappa shape index (κ1) is 28.3. The lowest BCUT2D eigenvalue weighted by Gasteiger charge is -2.51. The molecule has 3 aliphatic carbocycles. The number of Topliss-reactive ketones (excluding diaryl/α,β-unsaturated/α-hetero) is 2. The average molecular weight is 545 g/mol.